The molecule has 1 rings (SSSR count). The van der Waals surface area contributed by atoms with E-state index < -0.39 is 0 Å². The molecule has 0 atom stereocenters. The molecule has 0 saturated heterocycles. The van der Waals surface area contributed by atoms with Crippen LogP contribution in [0.15, 0.2) is 29.2 Å². The van der Waals surface area contributed by atoms with Crippen molar-refractivity contribution in [3.63, 3.8) is 0 Å². The van der Waals surface area contributed by atoms with E-state index in [2.05, 4.69) is 5.32 Å². The van der Waals surface area contributed by atoms with Crippen LogP contribution in [0.2, 0.25) is 0 Å². The average Bonchev–Trinajstić information content (AvgIpc) is 2.19. The van der Waals surface area contributed by atoms with E-state index in [0.717, 1.165) is 10.6 Å². The molecule has 0 radical (unpaired) electrons. The van der Waals surface area contributed by atoms with Crippen molar-refractivity contribution >= 4 is 35.1 Å². The van der Waals surface area contributed by atoms with Crippen LogP contribution in [-0.4, -0.2) is 24.2 Å². The van der Waals surface area contributed by atoms with Crippen molar-refractivity contribution in [2.45, 2.75) is 4.90 Å². The summed E-state index contributed by atoms with van der Waals surface area (Å²) in [7, 11) is 0. The van der Waals surface area contributed by atoms with E-state index in [4.69, 9.17) is 0 Å². The van der Waals surface area contributed by atoms with E-state index in [-0.39, 0.29) is 5.91 Å². The second-order valence-electron chi connectivity index (χ2n) is 2.68. The van der Waals surface area contributed by atoms with Crippen molar-refractivity contribution < 1.29 is 4.79 Å². The lowest BCUT2D eigenvalue weighted by atomic mass is 10.3. The van der Waals surface area contributed by atoms with Crippen LogP contribution in [0.5, 0.6) is 0 Å². The molecule has 0 unspecified atom stereocenters. The van der Waals surface area contributed by atoms with E-state index in [9.17, 15) is 4.79 Å². The highest BCUT2D eigenvalue weighted by Crippen LogP contribution is 2.24. The molecule has 2 nitrogen and oxygen atoms in total. The van der Waals surface area contributed by atoms with Gasteiger partial charge in [0, 0.05) is 4.90 Å². The van der Waals surface area contributed by atoms with Crippen molar-refractivity contribution in [1.29, 1.82) is 0 Å². The monoisotopic (exact) mass is 227 g/mol. The summed E-state index contributed by atoms with van der Waals surface area (Å²) in [6, 6.07) is 7.81. The zero-order chi connectivity index (χ0) is 10.4. The van der Waals surface area contributed by atoms with Crippen LogP contribution in [0, 0.1) is 0 Å². The average molecular weight is 227 g/mol. The standard InChI is InChI=1S/C10H13NOS2/c1-13-7-10(12)11-8-5-3-4-6-9(8)14-2/h3-6H,7H2,1-2H3,(H,11,12). The molecule has 1 N–H and O–H groups in total. The van der Waals surface area contributed by atoms with Crippen LogP contribution in [0.3, 0.4) is 0 Å². The quantitative estimate of drug-likeness (QED) is 0.802. The Hall–Kier alpha value is -0.610. The van der Waals surface area contributed by atoms with Gasteiger partial charge in [-0.2, -0.15) is 11.8 Å². The van der Waals surface area contributed by atoms with Gasteiger partial charge in [-0.15, -0.1) is 11.8 Å². The molecule has 0 saturated carbocycles. The third-order valence-corrected chi connectivity index (χ3v) is 3.00. The smallest absolute Gasteiger partial charge is 0.234 e. The molecule has 0 spiro atoms. The molecule has 1 aromatic carbocycles. The van der Waals surface area contributed by atoms with E-state index in [1.54, 1.807) is 11.8 Å². The summed E-state index contributed by atoms with van der Waals surface area (Å²) in [6.07, 6.45) is 3.92. The third-order valence-electron chi connectivity index (χ3n) is 1.66. The molecular formula is C10H13NOS2. The summed E-state index contributed by atoms with van der Waals surface area (Å²) < 4.78 is 0. The van der Waals surface area contributed by atoms with Gasteiger partial charge in [0.05, 0.1) is 11.4 Å². The van der Waals surface area contributed by atoms with Gasteiger partial charge < -0.3 is 5.32 Å². The topological polar surface area (TPSA) is 29.1 Å². The number of thioether (sulfide) groups is 2. The first-order valence-corrected chi connectivity index (χ1v) is 6.81. The van der Waals surface area contributed by atoms with Crippen LogP contribution >= 0.6 is 23.5 Å². The highest BCUT2D eigenvalue weighted by Gasteiger charge is 2.04. The lowest BCUT2D eigenvalue weighted by Crippen LogP contribution is -2.14. The van der Waals surface area contributed by atoms with Crippen molar-refractivity contribution in [3.8, 4) is 0 Å². The Bertz CT molecular complexity index is 315. The minimum absolute atomic E-state index is 0.0546. The number of hydrogen-bond donors (Lipinski definition) is 1. The van der Waals surface area contributed by atoms with Gasteiger partial charge in [-0.1, -0.05) is 12.1 Å². The highest BCUT2D eigenvalue weighted by molar-refractivity contribution is 7.99. The van der Waals surface area contributed by atoms with E-state index in [0.29, 0.717) is 5.75 Å². The Morgan fingerprint density at radius 3 is 2.71 bits per heavy atom. The number of carbonyl (C=O) groups is 1. The number of hydrogen-bond acceptors (Lipinski definition) is 3. The Morgan fingerprint density at radius 1 is 1.36 bits per heavy atom. The van der Waals surface area contributed by atoms with E-state index in [1.807, 2.05) is 36.8 Å². The van der Waals surface area contributed by atoms with E-state index >= 15 is 0 Å². The van der Waals surface area contributed by atoms with Gasteiger partial charge in [0.15, 0.2) is 0 Å². The maximum atomic E-state index is 11.3. The molecule has 4 heteroatoms. The van der Waals surface area contributed by atoms with Crippen molar-refractivity contribution in [2.75, 3.05) is 23.6 Å². The predicted octanol–water partition coefficient (Wildman–Crippen LogP) is 2.71. The highest BCUT2D eigenvalue weighted by atomic mass is 32.2. The lowest BCUT2D eigenvalue weighted by Gasteiger charge is -2.07. The minimum Gasteiger partial charge on any atom is -0.324 e. The Balaban J connectivity index is 2.70. The maximum Gasteiger partial charge on any atom is 0.234 e. The number of amides is 1. The molecular weight excluding hydrogens is 214 g/mol. The lowest BCUT2D eigenvalue weighted by molar-refractivity contribution is -0.113. The molecule has 0 bridgehead atoms. The normalized spacial score (nSPS) is 9.86. The van der Waals surface area contributed by atoms with Gasteiger partial charge in [-0.3, -0.25) is 4.79 Å². The summed E-state index contributed by atoms with van der Waals surface area (Å²) in [6.45, 7) is 0. The molecule has 1 aromatic rings. The summed E-state index contributed by atoms with van der Waals surface area (Å²) in [5.41, 5.74) is 0.902. The second kappa shape index (κ2) is 5.98. The van der Waals surface area contributed by atoms with Crippen LogP contribution in [-0.2, 0) is 4.79 Å². The molecule has 1 amide bonds. The largest absolute Gasteiger partial charge is 0.324 e. The zero-order valence-corrected chi connectivity index (χ0v) is 9.87. The van der Waals surface area contributed by atoms with Crippen molar-refractivity contribution in [2.24, 2.45) is 0 Å². The van der Waals surface area contributed by atoms with Gasteiger partial charge >= 0.3 is 0 Å². The van der Waals surface area contributed by atoms with Crippen LogP contribution < -0.4 is 5.32 Å². The number of para-hydroxylation sites is 1. The van der Waals surface area contributed by atoms with Gasteiger partial charge in [0.2, 0.25) is 5.91 Å². The number of carbonyl (C=O) groups excluding carboxylic acids is 1. The molecule has 0 heterocycles. The van der Waals surface area contributed by atoms with Gasteiger partial charge in [-0.25, -0.2) is 0 Å². The maximum absolute atomic E-state index is 11.3. The molecule has 0 aliphatic heterocycles. The fraction of sp³-hybridized carbons (Fsp3) is 0.300. The molecule has 0 aliphatic carbocycles. The summed E-state index contributed by atoms with van der Waals surface area (Å²) in [5.74, 6) is 0.557. The molecule has 14 heavy (non-hydrogen) atoms. The third kappa shape index (κ3) is 3.27. The SMILES string of the molecule is CSCC(=O)Nc1ccccc1SC. The van der Waals surface area contributed by atoms with Crippen LogP contribution in [0.4, 0.5) is 5.69 Å². The van der Waals surface area contributed by atoms with Crippen LogP contribution in [0.25, 0.3) is 0 Å². The Labute approximate surface area is 92.8 Å². The van der Waals surface area contributed by atoms with Gasteiger partial charge in [0.1, 0.15) is 0 Å². The van der Waals surface area contributed by atoms with E-state index in [1.165, 1.54) is 11.8 Å². The fourth-order valence-corrected chi connectivity index (χ4v) is 1.95. The summed E-state index contributed by atoms with van der Waals surface area (Å²) in [4.78, 5) is 12.4. The number of benzene rings is 1. The number of anilines is 1. The summed E-state index contributed by atoms with van der Waals surface area (Å²) in [5, 5.41) is 2.88. The van der Waals surface area contributed by atoms with Crippen LogP contribution in [0.1, 0.15) is 0 Å². The first kappa shape index (κ1) is 11.5. The van der Waals surface area contributed by atoms with Crippen molar-refractivity contribution in [3.05, 3.63) is 24.3 Å². The minimum atomic E-state index is 0.0546. The van der Waals surface area contributed by atoms with Crippen molar-refractivity contribution in [1.82, 2.24) is 0 Å². The Morgan fingerprint density at radius 2 is 2.07 bits per heavy atom. The Kier molecular flexibility index (Phi) is 4.90. The molecule has 0 aromatic heterocycles. The zero-order valence-electron chi connectivity index (χ0n) is 8.24. The predicted molar refractivity (Wildman–Crippen MR) is 65.2 cm³/mol. The fourth-order valence-electron chi connectivity index (χ4n) is 1.07. The summed E-state index contributed by atoms with van der Waals surface area (Å²) >= 11 is 3.16. The second-order valence-corrected chi connectivity index (χ2v) is 4.40. The van der Waals surface area contributed by atoms with Gasteiger partial charge in [0.25, 0.3) is 0 Å². The van der Waals surface area contributed by atoms with Gasteiger partial charge in [-0.05, 0) is 24.6 Å². The number of rotatable bonds is 4. The first-order valence-electron chi connectivity index (χ1n) is 4.19. The molecule has 0 aliphatic rings. The number of nitrogens with one attached hydrogen (secondary N) is 1. The molecule has 0 fully saturated rings. The first-order chi connectivity index (χ1) is 6.77. The molecule has 76 valence electrons.